The van der Waals surface area contributed by atoms with Gasteiger partial charge in [0.05, 0.1) is 5.69 Å². The van der Waals surface area contributed by atoms with Gasteiger partial charge in [-0.15, -0.1) is 13.2 Å². The molecule has 0 unspecified atom stereocenters. The number of rotatable bonds is 4. The number of hydrogen-bond donors (Lipinski definition) is 1. The van der Waals surface area contributed by atoms with Crippen molar-refractivity contribution in [3.63, 3.8) is 0 Å². The average molecular weight is 439 g/mol. The fourth-order valence-corrected chi connectivity index (χ4v) is 2.98. The summed E-state index contributed by atoms with van der Waals surface area (Å²) >= 11 is 0. The number of carbonyl (C=O) groups excluding carboxylic acids is 1. The standard InChI is InChI=1S/C23H16F3N3O3/c1-14-6-4-11-20(27-14)29-21(30)18-12-15-7-2-3-10-19(15)31-22(18)28-16-8-5-9-17(13-16)32-23(24,25)26/h2-13H,1H3,(H,27,29,30). The molecule has 32 heavy (non-hydrogen) atoms. The van der Waals surface area contributed by atoms with E-state index in [0.29, 0.717) is 16.8 Å². The van der Waals surface area contributed by atoms with E-state index in [9.17, 15) is 18.0 Å². The first-order valence-electron chi connectivity index (χ1n) is 9.45. The number of amides is 1. The van der Waals surface area contributed by atoms with Gasteiger partial charge in [-0.25, -0.2) is 9.98 Å². The van der Waals surface area contributed by atoms with Crippen LogP contribution in [0.3, 0.4) is 0 Å². The van der Waals surface area contributed by atoms with E-state index < -0.39 is 18.0 Å². The normalized spacial score (nSPS) is 12.1. The summed E-state index contributed by atoms with van der Waals surface area (Å²) in [5.41, 5.74) is 1.32. The van der Waals surface area contributed by atoms with Crippen LogP contribution >= 0.6 is 0 Å². The lowest BCUT2D eigenvalue weighted by Crippen LogP contribution is -2.22. The maximum absolute atomic E-state index is 13.0. The molecule has 2 aromatic carbocycles. The number of aromatic nitrogens is 1. The number of nitrogens with one attached hydrogen (secondary N) is 1. The second kappa shape index (κ2) is 8.54. The molecule has 2 aromatic heterocycles. The maximum atomic E-state index is 13.0. The van der Waals surface area contributed by atoms with Gasteiger partial charge in [0.1, 0.15) is 22.7 Å². The van der Waals surface area contributed by atoms with Crippen LogP contribution in [0.2, 0.25) is 0 Å². The zero-order valence-corrected chi connectivity index (χ0v) is 16.7. The Hall–Kier alpha value is -4.14. The summed E-state index contributed by atoms with van der Waals surface area (Å²) in [7, 11) is 0. The van der Waals surface area contributed by atoms with Gasteiger partial charge in [0.15, 0.2) is 0 Å². The minimum atomic E-state index is -4.84. The van der Waals surface area contributed by atoms with Gasteiger partial charge in [-0.05, 0) is 43.3 Å². The molecule has 0 aliphatic carbocycles. The number of ether oxygens (including phenoxy) is 1. The van der Waals surface area contributed by atoms with Crippen LogP contribution < -0.4 is 15.6 Å². The molecule has 0 aliphatic rings. The van der Waals surface area contributed by atoms with Crippen molar-refractivity contribution in [2.24, 2.45) is 4.99 Å². The number of halogens is 3. The third-order valence-corrected chi connectivity index (χ3v) is 4.31. The van der Waals surface area contributed by atoms with E-state index in [-0.39, 0.29) is 16.8 Å². The Kier molecular flexibility index (Phi) is 5.63. The van der Waals surface area contributed by atoms with E-state index in [1.807, 2.05) is 0 Å². The monoisotopic (exact) mass is 439 g/mol. The molecule has 0 fully saturated rings. The van der Waals surface area contributed by atoms with Gasteiger partial charge < -0.3 is 14.5 Å². The van der Waals surface area contributed by atoms with Crippen molar-refractivity contribution < 1.29 is 27.1 Å². The van der Waals surface area contributed by atoms with Crippen LogP contribution in [0.25, 0.3) is 11.0 Å². The number of hydrogen-bond acceptors (Lipinski definition) is 5. The van der Waals surface area contributed by atoms with E-state index in [2.05, 4.69) is 20.0 Å². The quantitative estimate of drug-likeness (QED) is 0.454. The summed E-state index contributed by atoms with van der Waals surface area (Å²) in [6.45, 7) is 1.79. The predicted octanol–water partition coefficient (Wildman–Crippen LogP) is 5.52. The van der Waals surface area contributed by atoms with Gasteiger partial charge >= 0.3 is 6.36 Å². The highest BCUT2D eigenvalue weighted by Crippen LogP contribution is 2.26. The van der Waals surface area contributed by atoms with Crippen LogP contribution in [0, 0.1) is 6.92 Å². The number of nitrogens with zero attached hydrogens (tertiary/aromatic N) is 2. The second-order valence-corrected chi connectivity index (χ2v) is 6.78. The van der Waals surface area contributed by atoms with E-state index >= 15 is 0 Å². The first-order chi connectivity index (χ1) is 15.3. The molecule has 0 atom stereocenters. The molecule has 9 heteroatoms. The van der Waals surface area contributed by atoms with E-state index in [0.717, 1.165) is 17.8 Å². The largest absolute Gasteiger partial charge is 0.573 e. The Bertz CT molecular complexity index is 1360. The number of benzene rings is 2. The number of fused-ring (bicyclic) bond motifs is 1. The van der Waals surface area contributed by atoms with E-state index in [1.54, 1.807) is 55.5 Å². The fourth-order valence-electron chi connectivity index (χ4n) is 2.98. The molecular weight excluding hydrogens is 423 g/mol. The third kappa shape index (κ3) is 5.12. The third-order valence-electron chi connectivity index (χ3n) is 4.31. The molecule has 1 N–H and O–H groups in total. The second-order valence-electron chi connectivity index (χ2n) is 6.78. The topological polar surface area (TPSA) is 76.7 Å². The SMILES string of the molecule is Cc1cccc(NC(=O)c2cc3ccccc3oc2=Nc2cccc(OC(F)(F)F)c2)n1. The Morgan fingerprint density at radius 3 is 2.59 bits per heavy atom. The molecule has 0 bridgehead atoms. The number of aryl methyl sites for hydroxylation is 1. The first-order valence-corrected chi connectivity index (χ1v) is 9.45. The number of pyridine rings is 1. The molecule has 2 heterocycles. The highest BCUT2D eigenvalue weighted by molar-refractivity contribution is 6.04. The fraction of sp³-hybridized carbons (Fsp3) is 0.0870. The Morgan fingerprint density at radius 2 is 1.81 bits per heavy atom. The molecule has 0 aliphatic heterocycles. The lowest BCUT2D eigenvalue weighted by atomic mass is 10.1. The molecule has 4 aromatic rings. The summed E-state index contributed by atoms with van der Waals surface area (Å²) < 4.78 is 47.4. The van der Waals surface area contributed by atoms with Crippen molar-refractivity contribution in [1.82, 2.24) is 4.98 Å². The molecule has 1 amide bonds. The highest BCUT2D eigenvalue weighted by atomic mass is 19.4. The number of para-hydroxylation sites is 1. The molecule has 0 radical (unpaired) electrons. The van der Waals surface area contributed by atoms with Crippen LogP contribution in [-0.4, -0.2) is 17.3 Å². The molecule has 4 rings (SSSR count). The molecule has 162 valence electrons. The van der Waals surface area contributed by atoms with Crippen molar-refractivity contribution in [1.29, 1.82) is 0 Å². The van der Waals surface area contributed by atoms with Crippen molar-refractivity contribution in [3.05, 3.63) is 89.6 Å². The Labute approximate surface area is 180 Å². The summed E-state index contributed by atoms with van der Waals surface area (Å²) in [5, 5.41) is 3.34. The summed E-state index contributed by atoms with van der Waals surface area (Å²) in [6, 6.07) is 18.9. The number of carbonyl (C=O) groups is 1. The Balaban J connectivity index is 1.79. The van der Waals surface area contributed by atoms with Crippen LogP contribution in [0.1, 0.15) is 16.1 Å². The lowest BCUT2D eigenvalue weighted by Gasteiger charge is -2.09. The summed E-state index contributed by atoms with van der Waals surface area (Å²) in [5.74, 6) is -0.622. The Morgan fingerprint density at radius 1 is 1.03 bits per heavy atom. The first kappa shape index (κ1) is 21.1. The van der Waals surface area contributed by atoms with Gasteiger partial charge in [-0.1, -0.05) is 30.3 Å². The van der Waals surface area contributed by atoms with Crippen molar-refractivity contribution in [2.45, 2.75) is 13.3 Å². The highest BCUT2D eigenvalue weighted by Gasteiger charge is 2.31. The van der Waals surface area contributed by atoms with E-state index in [4.69, 9.17) is 4.42 Å². The number of alkyl halides is 3. The predicted molar refractivity (Wildman–Crippen MR) is 111 cm³/mol. The van der Waals surface area contributed by atoms with E-state index in [1.165, 1.54) is 12.1 Å². The van der Waals surface area contributed by atoms with Crippen molar-refractivity contribution >= 4 is 28.4 Å². The van der Waals surface area contributed by atoms with Gasteiger partial charge in [-0.3, -0.25) is 4.79 Å². The minimum absolute atomic E-state index is 0.0713. The van der Waals surface area contributed by atoms with Crippen molar-refractivity contribution in [2.75, 3.05) is 5.32 Å². The van der Waals surface area contributed by atoms with Crippen LogP contribution in [-0.2, 0) is 0 Å². The lowest BCUT2D eigenvalue weighted by molar-refractivity contribution is -0.274. The van der Waals surface area contributed by atoms with Crippen LogP contribution in [0.15, 0.2) is 82.2 Å². The summed E-state index contributed by atoms with van der Waals surface area (Å²) in [6.07, 6.45) is -4.84. The molecule has 6 nitrogen and oxygen atoms in total. The van der Waals surface area contributed by atoms with Gasteiger partial charge in [0.25, 0.3) is 5.91 Å². The molecular formula is C23H16F3N3O3. The van der Waals surface area contributed by atoms with Gasteiger partial charge in [0, 0.05) is 17.1 Å². The van der Waals surface area contributed by atoms with Gasteiger partial charge in [0.2, 0.25) is 5.55 Å². The average Bonchev–Trinajstić information content (AvgIpc) is 2.72. The maximum Gasteiger partial charge on any atom is 0.573 e. The zero-order valence-electron chi connectivity index (χ0n) is 16.7. The smallest absolute Gasteiger partial charge is 0.438 e. The van der Waals surface area contributed by atoms with Crippen LogP contribution in [0.4, 0.5) is 24.7 Å². The molecule has 0 spiro atoms. The minimum Gasteiger partial charge on any atom is -0.438 e. The van der Waals surface area contributed by atoms with Crippen molar-refractivity contribution in [3.8, 4) is 5.75 Å². The zero-order chi connectivity index (χ0) is 22.7. The molecule has 0 saturated carbocycles. The number of anilines is 1. The molecule has 0 saturated heterocycles. The van der Waals surface area contributed by atoms with Crippen LogP contribution in [0.5, 0.6) is 5.75 Å². The summed E-state index contributed by atoms with van der Waals surface area (Å²) in [4.78, 5) is 21.5. The van der Waals surface area contributed by atoms with Gasteiger partial charge in [-0.2, -0.15) is 0 Å².